The van der Waals surface area contributed by atoms with Gasteiger partial charge in [-0.25, -0.2) is 15.0 Å². The number of anilines is 1. The highest BCUT2D eigenvalue weighted by atomic mass is 31.2. The average Bonchev–Trinajstić information content (AvgIpc) is 2.88. The molecule has 0 saturated carbocycles. The van der Waals surface area contributed by atoms with Crippen molar-refractivity contribution < 1.29 is 19.1 Å². The van der Waals surface area contributed by atoms with Gasteiger partial charge in [-0.15, -0.1) is 0 Å². The maximum Gasteiger partial charge on any atom is 0.350 e. The van der Waals surface area contributed by atoms with Crippen LogP contribution in [0.4, 0.5) is 5.82 Å². The molecule has 0 aromatic carbocycles. The van der Waals surface area contributed by atoms with Crippen LogP contribution in [0.2, 0.25) is 0 Å². The summed E-state index contributed by atoms with van der Waals surface area (Å²) in [6.07, 6.45) is 2.62. The molecule has 3 aromatic heterocycles. The van der Waals surface area contributed by atoms with Gasteiger partial charge in [0.2, 0.25) is 0 Å². The van der Waals surface area contributed by atoms with Crippen molar-refractivity contribution in [2.24, 2.45) is 0 Å². The van der Waals surface area contributed by atoms with Crippen molar-refractivity contribution in [3.63, 3.8) is 0 Å². The molecule has 0 aliphatic carbocycles. The number of nitrogens with two attached hydrogens (primary N) is 1. The Labute approximate surface area is 124 Å². The van der Waals surface area contributed by atoms with E-state index in [4.69, 9.17) is 20.3 Å². The smallest absolute Gasteiger partial charge is 0.350 e. The molecular weight excluding hydrogens is 309 g/mol. The highest BCUT2D eigenvalue weighted by Crippen LogP contribution is 2.33. The molecule has 116 valence electrons. The zero-order valence-corrected chi connectivity index (χ0v) is 12.3. The van der Waals surface area contributed by atoms with Gasteiger partial charge in [-0.1, -0.05) is 0 Å². The van der Waals surface area contributed by atoms with E-state index in [9.17, 15) is 4.57 Å². The summed E-state index contributed by atoms with van der Waals surface area (Å²) < 4.78 is 17.5. The molecule has 3 rings (SSSR count). The van der Waals surface area contributed by atoms with Gasteiger partial charge >= 0.3 is 7.60 Å². The van der Waals surface area contributed by atoms with Crippen LogP contribution < -0.4 is 5.73 Å². The highest BCUT2D eigenvalue weighted by Gasteiger charge is 2.14. The summed E-state index contributed by atoms with van der Waals surface area (Å²) in [6, 6.07) is 3.66. The Kier molecular flexibility index (Phi) is 3.79. The molecule has 0 spiro atoms. The molecule has 10 heteroatoms. The van der Waals surface area contributed by atoms with Crippen molar-refractivity contribution in [3.05, 3.63) is 24.7 Å². The maximum atomic E-state index is 10.7. The number of hydrogen-bond donors (Lipinski definition) is 3. The van der Waals surface area contributed by atoms with Crippen LogP contribution in [-0.2, 0) is 15.8 Å². The first-order valence-corrected chi connectivity index (χ1v) is 8.23. The van der Waals surface area contributed by atoms with Crippen LogP contribution in [0.25, 0.3) is 22.1 Å². The summed E-state index contributed by atoms with van der Waals surface area (Å²) in [5, 5.41) is 0.805. The van der Waals surface area contributed by atoms with E-state index in [1.807, 2.05) is 6.07 Å². The van der Waals surface area contributed by atoms with Gasteiger partial charge in [0.1, 0.15) is 11.9 Å². The van der Waals surface area contributed by atoms with Gasteiger partial charge in [0.25, 0.3) is 0 Å². The van der Waals surface area contributed by atoms with E-state index in [2.05, 4.69) is 15.0 Å². The summed E-state index contributed by atoms with van der Waals surface area (Å²) in [6.45, 7) is 0.518. The summed E-state index contributed by atoms with van der Waals surface area (Å²) in [7, 11) is -4.15. The maximum absolute atomic E-state index is 10.7. The van der Waals surface area contributed by atoms with Crippen LogP contribution in [0, 0.1) is 0 Å². The number of hydrogen-bond acceptors (Lipinski definition) is 6. The van der Waals surface area contributed by atoms with Crippen molar-refractivity contribution in [2.45, 2.75) is 6.54 Å². The Morgan fingerprint density at radius 3 is 2.95 bits per heavy atom. The quantitative estimate of drug-likeness (QED) is 0.461. The fourth-order valence-corrected chi connectivity index (χ4v) is 2.57. The number of aromatic nitrogens is 4. The van der Waals surface area contributed by atoms with Crippen LogP contribution in [0.15, 0.2) is 24.7 Å². The van der Waals surface area contributed by atoms with E-state index in [1.165, 1.54) is 0 Å². The lowest BCUT2D eigenvalue weighted by Gasteiger charge is -2.08. The second kappa shape index (κ2) is 5.62. The van der Waals surface area contributed by atoms with Crippen molar-refractivity contribution in [2.75, 3.05) is 18.7 Å². The van der Waals surface area contributed by atoms with Gasteiger partial charge in [0.15, 0.2) is 11.5 Å². The number of rotatable bonds is 5. The van der Waals surface area contributed by atoms with Crippen molar-refractivity contribution >= 4 is 35.5 Å². The molecule has 4 N–H and O–H groups in total. The summed E-state index contributed by atoms with van der Waals surface area (Å²) in [4.78, 5) is 30.1. The lowest BCUT2D eigenvalue weighted by Crippen LogP contribution is -2.06. The summed E-state index contributed by atoms with van der Waals surface area (Å²) >= 11 is 0. The summed E-state index contributed by atoms with van der Waals surface area (Å²) in [5.41, 5.74) is 7.74. The molecule has 0 atom stereocenters. The Morgan fingerprint density at radius 2 is 2.18 bits per heavy atom. The lowest BCUT2D eigenvalue weighted by atomic mass is 10.2. The zero-order valence-electron chi connectivity index (χ0n) is 11.5. The molecule has 0 amide bonds. The molecule has 0 aliphatic heterocycles. The number of pyridine rings is 2. The number of fused-ring (bicyclic) bond motifs is 3. The van der Waals surface area contributed by atoms with E-state index < -0.39 is 13.9 Å². The molecule has 3 heterocycles. The van der Waals surface area contributed by atoms with E-state index >= 15 is 0 Å². The third-order valence-corrected chi connectivity index (χ3v) is 3.60. The predicted molar refractivity (Wildman–Crippen MR) is 80.1 cm³/mol. The van der Waals surface area contributed by atoms with Gasteiger partial charge < -0.3 is 24.8 Å². The molecule has 0 radical (unpaired) electrons. The minimum absolute atomic E-state index is 0.139. The topological polar surface area (TPSA) is 136 Å². The molecule has 0 saturated heterocycles. The predicted octanol–water partition coefficient (Wildman–Crippen LogP) is 0.713. The molecule has 0 fully saturated rings. The Morgan fingerprint density at radius 1 is 1.36 bits per heavy atom. The van der Waals surface area contributed by atoms with Gasteiger partial charge in [-0.2, -0.15) is 0 Å². The lowest BCUT2D eigenvalue weighted by molar-refractivity contribution is 0.149. The minimum atomic E-state index is -4.15. The van der Waals surface area contributed by atoms with Gasteiger partial charge in [-0.05, 0) is 12.1 Å². The fraction of sp³-hybridized carbons (Fsp3) is 0.250. The second-order valence-electron chi connectivity index (χ2n) is 4.71. The molecule has 0 bridgehead atoms. The molecule has 9 nitrogen and oxygen atoms in total. The number of nitrogen functional groups attached to an aromatic ring is 1. The molecule has 22 heavy (non-hydrogen) atoms. The Balaban J connectivity index is 1.92. The van der Waals surface area contributed by atoms with Crippen LogP contribution >= 0.6 is 7.60 Å². The summed E-state index contributed by atoms with van der Waals surface area (Å²) in [5.74, 6) is 0.288. The largest absolute Gasteiger partial charge is 0.382 e. The first-order chi connectivity index (χ1) is 10.5. The van der Waals surface area contributed by atoms with E-state index in [-0.39, 0.29) is 12.4 Å². The average molecular weight is 323 g/mol. The molecule has 0 unspecified atom stereocenters. The SMILES string of the molecule is Nc1nc2ncccc2c2c1ncn2CCOCP(=O)(O)O. The van der Waals surface area contributed by atoms with Crippen LogP contribution in [0.3, 0.4) is 0 Å². The Bertz CT molecular complexity index is 874. The van der Waals surface area contributed by atoms with Crippen LogP contribution in [0.1, 0.15) is 0 Å². The first-order valence-electron chi connectivity index (χ1n) is 6.43. The van der Waals surface area contributed by atoms with Gasteiger partial charge in [-0.3, -0.25) is 4.57 Å². The van der Waals surface area contributed by atoms with Crippen LogP contribution in [-0.4, -0.2) is 42.3 Å². The van der Waals surface area contributed by atoms with Crippen molar-refractivity contribution in [1.29, 1.82) is 0 Å². The number of ether oxygens (including phenoxy) is 1. The number of nitrogens with zero attached hydrogens (tertiary/aromatic N) is 4. The normalized spacial score (nSPS) is 12.3. The minimum Gasteiger partial charge on any atom is -0.382 e. The van der Waals surface area contributed by atoms with Gasteiger partial charge in [0, 0.05) is 18.1 Å². The highest BCUT2D eigenvalue weighted by molar-refractivity contribution is 7.51. The third kappa shape index (κ3) is 2.93. The monoisotopic (exact) mass is 323 g/mol. The van der Waals surface area contributed by atoms with Crippen molar-refractivity contribution in [1.82, 2.24) is 19.5 Å². The Hall–Kier alpha value is -2.06. The molecule has 0 aliphatic rings. The number of imidazole rings is 1. The third-order valence-electron chi connectivity index (χ3n) is 3.08. The van der Waals surface area contributed by atoms with Crippen LogP contribution in [0.5, 0.6) is 0 Å². The second-order valence-corrected chi connectivity index (χ2v) is 6.30. The molecular formula is C12H14N5O4P. The first kappa shape index (κ1) is 14.9. The van der Waals surface area contributed by atoms with E-state index in [0.717, 1.165) is 10.9 Å². The zero-order chi connectivity index (χ0) is 15.7. The van der Waals surface area contributed by atoms with Gasteiger partial charge in [0.05, 0.1) is 18.5 Å². The van der Waals surface area contributed by atoms with E-state index in [0.29, 0.717) is 17.7 Å². The van der Waals surface area contributed by atoms with Crippen molar-refractivity contribution in [3.8, 4) is 0 Å². The van der Waals surface area contributed by atoms with E-state index in [1.54, 1.807) is 23.2 Å². The molecule has 3 aromatic rings. The standard InChI is InChI=1S/C12H14N5O4P/c13-11-9-10(8-2-1-3-14-12(8)16-11)17(6-15-9)4-5-21-7-22(18,19)20/h1-3,6H,4-5,7H2,(H2,13,14,16)(H2,18,19,20). The fourth-order valence-electron chi connectivity index (χ4n) is 2.21.